The molecule has 0 aliphatic carbocycles. The van der Waals surface area contributed by atoms with Crippen LogP contribution >= 0.6 is 11.3 Å². The first-order chi connectivity index (χ1) is 25.8. The number of benzene rings is 8. The molecular weight excluding hydrogens is 655 g/mol. The van der Waals surface area contributed by atoms with Crippen molar-refractivity contribution in [3.63, 3.8) is 0 Å². The maximum absolute atomic E-state index is 6.74. The molecule has 8 aromatic carbocycles. The van der Waals surface area contributed by atoms with E-state index in [0.717, 1.165) is 83.2 Å². The van der Waals surface area contributed by atoms with Crippen LogP contribution in [0.4, 0.5) is 17.1 Å². The predicted octanol–water partition coefficient (Wildman–Crippen LogP) is 14.7. The second kappa shape index (κ2) is 11.5. The molecule has 0 radical (unpaired) electrons. The van der Waals surface area contributed by atoms with Crippen LogP contribution in [0.5, 0.6) is 0 Å². The molecular formula is C48H29NO2S. The average molecular weight is 684 g/mol. The minimum Gasteiger partial charge on any atom is -0.455 e. The van der Waals surface area contributed by atoms with Crippen molar-refractivity contribution in [3.05, 3.63) is 176 Å². The zero-order valence-corrected chi connectivity index (χ0v) is 28.7. The van der Waals surface area contributed by atoms with E-state index in [2.05, 4.69) is 169 Å². The Morgan fingerprint density at radius 1 is 0.385 bits per heavy atom. The molecule has 4 heteroatoms. The van der Waals surface area contributed by atoms with Gasteiger partial charge in [0.05, 0.1) is 11.1 Å². The fourth-order valence-electron chi connectivity index (χ4n) is 7.89. The third kappa shape index (κ3) is 4.45. The average Bonchev–Trinajstić information content (AvgIpc) is 3.90. The summed E-state index contributed by atoms with van der Waals surface area (Å²) in [5.74, 6) is 0. The normalized spacial score (nSPS) is 11.8. The van der Waals surface area contributed by atoms with Crippen LogP contribution in [0, 0.1) is 0 Å². The Morgan fingerprint density at radius 2 is 1.00 bits per heavy atom. The van der Waals surface area contributed by atoms with Crippen LogP contribution in [0.25, 0.3) is 86.3 Å². The molecule has 0 fully saturated rings. The van der Waals surface area contributed by atoms with Crippen molar-refractivity contribution >= 4 is 92.4 Å². The molecule has 3 heterocycles. The summed E-state index contributed by atoms with van der Waals surface area (Å²) in [6.07, 6.45) is 0. The monoisotopic (exact) mass is 683 g/mol. The van der Waals surface area contributed by atoms with Gasteiger partial charge in [-0.1, -0.05) is 121 Å². The van der Waals surface area contributed by atoms with Crippen LogP contribution in [-0.4, -0.2) is 0 Å². The lowest BCUT2D eigenvalue weighted by molar-refractivity contribution is 0.669. The van der Waals surface area contributed by atoms with Gasteiger partial charge in [0, 0.05) is 58.8 Å². The SMILES string of the molecule is c1ccc(-c2cccc3c2oc2ccc(N(c4ccc5c(c4)sc4ccccc45)c4ccc(-c5ccccc5)c5oc6ccccc6c45)cc23)cc1. The number of anilines is 3. The van der Waals surface area contributed by atoms with E-state index in [0.29, 0.717) is 0 Å². The summed E-state index contributed by atoms with van der Waals surface area (Å²) in [6.45, 7) is 0. The van der Waals surface area contributed by atoms with Crippen LogP contribution in [0.1, 0.15) is 0 Å². The van der Waals surface area contributed by atoms with Gasteiger partial charge >= 0.3 is 0 Å². The number of furan rings is 2. The van der Waals surface area contributed by atoms with E-state index >= 15 is 0 Å². The van der Waals surface area contributed by atoms with Crippen LogP contribution in [0.2, 0.25) is 0 Å². The van der Waals surface area contributed by atoms with Gasteiger partial charge in [0.2, 0.25) is 0 Å². The summed E-state index contributed by atoms with van der Waals surface area (Å²) in [6, 6.07) is 62.4. The second-order valence-electron chi connectivity index (χ2n) is 13.2. The standard InChI is InChI=1S/C48H29NO2S/c1-3-12-30(13-4-1)34-18-11-19-38-40-28-32(23-27-43(40)50-47(34)38)49(33-22-24-37-36-16-8-10-21-44(36)52-45(37)29-33)41-26-25-35(31-14-5-2-6-15-31)48-46(41)39-17-7-9-20-42(39)51-48/h1-29H. The van der Waals surface area contributed by atoms with Crippen LogP contribution < -0.4 is 4.90 Å². The van der Waals surface area contributed by atoms with E-state index in [9.17, 15) is 0 Å². The minimum absolute atomic E-state index is 0.861. The largest absolute Gasteiger partial charge is 0.455 e. The number of rotatable bonds is 5. The first kappa shape index (κ1) is 29.1. The van der Waals surface area contributed by atoms with Gasteiger partial charge in [-0.3, -0.25) is 0 Å². The Balaban J connectivity index is 1.20. The fraction of sp³-hybridized carbons (Fsp3) is 0. The third-order valence-electron chi connectivity index (χ3n) is 10.3. The molecule has 0 atom stereocenters. The van der Waals surface area contributed by atoms with E-state index < -0.39 is 0 Å². The smallest absolute Gasteiger partial charge is 0.145 e. The van der Waals surface area contributed by atoms with Crippen LogP contribution in [0.3, 0.4) is 0 Å². The van der Waals surface area contributed by atoms with Crippen molar-refractivity contribution in [2.24, 2.45) is 0 Å². The van der Waals surface area contributed by atoms with E-state index in [1.54, 1.807) is 0 Å². The molecule has 0 aliphatic heterocycles. The van der Waals surface area contributed by atoms with Gasteiger partial charge in [0.15, 0.2) is 0 Å². The Labute approximate surface area is 303 Å². The van der Waals surface area contributed by atoms with Gasteiger partial charge in [-0.2, -0.15) is 0 Å². The molecule has 3 aromatic heterocycles. The molecule has 0 saturated carbocycles. The van der Waals surface area contributed by atoms with Crippen molar-refractivity contribution in [2.75, 3.05) is 4.90 Å². The van der Waals surface area contributed by atoms with E-state index in [4.69, 9.17) is 8.83 Å². The Morgan fingerprint density at radius 3 is 1.83 bits per heavy atom. The summed E-state index contributed by atoms with van der Waals surface area (Å²) < 4.78 is 15.9. The number of nitrogens with zero attached hydrogens (tertiary/aromatic N) is 1. The molecule has 0 amide bonds. The number of hydrogen-bond acceptors (Lipinski definition) is 4. The van der Waals surface area contributed by atoms with Crippen molar-refractivity contribution in [3.8, 4) is 22.3 Å². The molecule has 3 nitrogen and oxygen atoms in total. The highest BCUT2D eigenvalue weighted by atomic mass is 32.1. The van der Waals surface area contributed by atoms with Gasteiger partial charge in [-0.15, -0.1) is 11.3 Å². The quantitative estimate of drug-likeness (QED) is 0.181. The summed E-state index contributed by atoms with van der Waals surface area (Å²) in [7, 11) is 0. The zero-order valence-electron chi connectivity index (χ0n) is 27.9. The van der Waals surface area contributed by atoms with Crippen molar-refractivity contribution in [1.29, 1.82) is 0 Å². The molecule has 0 unspecified atom stereocenters. The Bertz CT molecular complexity index is 3130. The highest BCUT2D eigenvalue weighted by molar-refractivity contribution is 7.25. The van der Waals surface area contributed by atoms with E-state index in [1.165, 1.54) is 20.2 Å². The lowest BCUT2D eigenvalue weighted by Gasteiger charge is -2.27. The van der Waals surface area contributed by atoms with Crippen molar-refractivity contribution < 1.29 is 8.83 Å². The van der Waals surface area contributed by atoms with E-state index in [-0.39, 0.29) is 0 Å². The second-order valence-corrected chi connectivity index (χ2v) is 14.3. The Hall–Kier alpha value is -6.62. The van der Waals surface area contributed by atoms with Crippen LogP contribution in [0.15, 0.2) is 185 Å². The van der Waals surface area contributed by atoms with Gasteiger partial charge in [-0.05, 0) is 65.7 Å². The van der Waals surface area contributed by atoms with Crippen LogP contribution in [-0.2, 0) is 0 Å². The molecule has 0 spiro atoms. The molecule has 0 saturated heterocycles. The fourth-order valence-corrected chi connectivity index (χ4v) is 9.03. The lowest BCUT2D eigenvalue weighted by atomic mass is 9.99. The summed E-state index contributed by atoms with van der Waals surface area (Å²) in [4.78, 5) is 2.39. The lowest BCUT2D eigenvalue weighted by Crippen LogP contribution is -2.10. The zero-order chi connectivity index (χ0) is 34.2. The molecule has 0 bridgehead atoms. The molecule has 11 aromatic rings. The summed E-state index contributed by atoms with van der Waals surface area (Å²) in [5.41, 5.74) is 11.1. The van der Waals surface area contributed by atoms with Gasteiger partial charge in [0.1, 0.15) is 22.3 Å². The maximum Gasteiger partial charge on any atom is 0.145 e. The summed E-state index contributed by atoms with van der Waals surface area (Å²) >= 11 is 1.84. The third-order valence-corrected chi connectivity index (χ3v) is 11.4. The Kier molecular flexibility index (Phi) is 6.42. The number of hydrogen-bond donors (Lipinski definition) is 0. The summed E-state index contributed by atoms with van der Waals surface area (Å²) in [5, 5.41) is 6.89. The first-order valence-corrected chi connectivity index (χ1v) is 18.3. The predicted molar refractivity (Wildman–Crippen MR) is 219 cm³/mol. The van der Waals surface area contributed by atoms with Crippen molar-refractivity contribution in [2.45, 2.75) is 0 Å². The van der Waals surface area contributed by atoms with Gasteiger partial charge < -0.3 is 13.7 Å². The number of thiophene rings is 1. The molecule has 11 rings (SSSR count). The van der Waals surface area contributed by atoms with Crippen molar-refractivity contribution in [1.82, 2.24) is 0 Å². The highest BCUT2D eigenvalue weighted by Gasteiger charge is 2.24. The topological polar surface area (TPSA) is 29.5 Å². The molecule has 244 valence electrons. The highest BCUT2D eigenvalue weighted by Crippen LogP contribution is 2.48. The molecule has 0 N–H and O–H groups in total. The molecule has 52 heavy (non-hydrogen) atoms. The van der Waals surface area contributed by atoms with E-state index in [1.807, 2.05) is 23.5 Å². The molecule has 0 aliphatic rings. The maximum atomic E-state index is 6.74. The first-order valence-electron chi connectivity index (χ1n) is 17.5. The number of para-hydroxylation sites is 2. The van der Waals surface area contributed by atoms with Gasteiger partial charge in [-0.25, -0.2) is 0 Å². The number of fused-ring (bicyclic) bond motifs is 9. The minimum atomic E-state index is 0.861. The van der Waals surface area contributed by atoms with Gasteiger partial charge in [0.25, 0.3) is 0 Å².